The van der Waals surface area contributed by atoms with E-state index in [0.29, 0.717) is 23.1 Å². The van der Waals surface area contributed by atoms with Gasteiger partial charge in [-0.25, -0.2) is 4.99 Å². The first kappa shape index (κ1) is 29.2. The number of hydrogen-bond acceptors (Lipinski definition) is 4. The quantitative estimate of drug-likeness (QED) is 0.187. The van der Waals surface area contributed by atoms with Crippen LogP contribution in [-0.4, -0.2) is 12.1 Å². The van der Waals surface area contributed by atoms with Gasteiger partial charge >= 0.3 is 0 Å². The summed E-state index contributed by atoms with van der Waals surface area (Å²) in [5.74, 6) is 1.19. The summed E-state index contributed by atoms with van der Waals surface area (Å²) in [6, 6.07) is 29.6. The first-order valence-corrected chi connectivity index (χ1v) is 15.9. The maximum Gasteiger partial charge on any atom is 0.259 e. The molecule has 1 aliphatic carbocycles. The molecule has 1 amide bonds. The van der Waals surface area contributed by atoms with Gasteiger partial charge in [0, 0.05) is 27.4 Å². The average molecular weight is 607 g/mol. The second-order valence-corrected chi connectivity index (χ2v) is 13.7. The Hall–Kier alpha value is -3.93. The van der Waals surface area contributed by atoms with Crippen molar-refractivity contribution in [3.63, 3.8) is 0 Å². The third kappa shape index (κ3) is 6.53. The number of benzene rings is 4. The van der Waals surface area contributed by atoms with Crippen molar-refractivity contribution in [2.45, 2.75) is 46.6 Å². The number of carbonyl (C=O) groups is 1. The molecule has 43 heavy (non-hydrogen) atoms. The molecular formula is C37H35ClN2O2S. The highest BCUT2D eigenvalue weighted by molar-refractivity contribution is 7.16. The second-order valence-electron chi connectivity index (χ2n) is 12.2. The fourth-order valence-electron chi connectivity index (χ4n) is 5.75. The van der Waals surface area contributed by atoms with Gasteiger partial charge in [0.05, 0.1) is 5.56 Å². The predicted octanol–water partition coefficient (Wildman–Crippen LogP) is 10.3. The smallest absolute Gasteiger partial charge is 0.259 e. The minimum Gasteiger partial charge on any atom is -0.488 e. The van der Waals surface area contributed by atoms with Crippen molar-refractivity contribution < 1.29 is 9.53 Å². The number of halogens is 1. The number of fused-ring (bicyclic) bond motifs is 2. The van der Waals surface area contributed by atoms with Crippen molar-refractivity contribution in [2.75, 3.05) is 5.32 Å². The Morgan fingerprint density at radius 2 is 1.74 bits per heavy atom. The summed E-state index contributed by atoms with van der Waals surface area (Å²) in [4.78, 5) is 20.1. The SMILES string of the molecule is CC(C)(C)[C@H]1CCc2c(sc(N=Cc3c(OCc4ccc(Cl)cc4)ccc4ccccc34)c2C(=O)Nc2ccccc2)C1. The molecule has 1 aliphatic rings. The van der Waals surface area contributed by atoms with E-state index in [0.717, 1.165) is 63.2 Å². The van der Waals surface area contributed by atoms with Crippen LogP contribution >= 0.6 is 22.9 Å². The maximum absolute atomic E-state index is 13.8. The Bertz CT molecular complexity index is 1790. The van der Waals surface area contributed by atoms with E-state index in [1.54, 1.807) is 11.3 Å². The standard InChI is InChI=1S/C37H35ClN2O2S/c1-37(2,3)26-16-19-30-33(21-26)43-36(34(30)35(41)40-28-10-5-4-6-11-28)39-22-31-29-12-8-7-9-25(29)15-20-32(31)42-23-24-13-17-27(38)18-14-24/h4-15,17-18,20,22,26H,16,19,21,23H2,1-3H3,(H,40,41)/t26-/m0/s1. The Kier molecular flexibility index (Phi) is 8.38. The van der Waals surface area contributed by atoms with Gasteiger partial charge in [0.15, 0.2) is 0 Å². The van der Waals surface area contributed by atoms with E-state index in [2.05, 4.69) is 44.3 Å². The summed E-state index contributed by atoms with van der Waals surface area (Å²) in [6.45, 7) is 7.34. The van der Waals surface area contributed by atoms with E-state index >= 15 is 0 Å². The Balaban J connectivity index is 1.39. The molecule has 0 aliphatic heterocycles. The zero-order valence-electron chi connectivity index (χ0n) is 24.7. The zero-order chi connectivity index (χ0) is 30.0. The van der Waals surface area contributed by atoms with Crippen LogP contribution < -0.4 is 10.1 Å². The average Bonchev–Trinajstić information content (AvgIpc) is 3.38. The van der Waals surface area contributed by atoms with Crippen LogP contribution in [-0.2, 0) is 19.4 Å². The number of carbonyl (C=O) groups excluding carboxylic acids is 1. The molecule has 1 aromatic heterocycles. The molecule has 0 fully saturated rings. The van der Waals surface area contributed by atoms with Crippen molar-refractivity contribution in [3.05, 3.63) is 123 Å². The first-order valence-electron chi connectivity index (χ1n) is 14.7. The molecule has 0 saturated carbocycles. The van der Waals surface area contributed by atoms with E-state index in [9.17, 15) is 4.79 Å². The number of anilines is 1. The summed E-state index contributed by atoms with van der Waals surface area (Å²) in [6.07, 6.45) is 4.78. The number of para-hydroxylation sites is 1. The molecule has 1 N–H and O–H groups in total. The van der Waals surface area contributed by atoms with Crippen LogP contribution in [0.15, 0.2) is 96.0 Å². The van der Waals surface area contributed by atoms with Crippen LogP contribution in [0.3, 0.4) is 0 Å². The molecule has 0 spiro atoms. The largest absolute Gasteiger partial charge is 0.488 e. The van der Waals surface area contributed by atoms with Gasteiger partial charge in [0.25, 0.3) is 5.91 Å². The van der Waals surface area contributed by atoms with Gasteiger partial charge in [-0.3, -0.25) is 4.79 Å². The summed E-state index contributed by atoms with van der Waals surface area (Å²) >= 11 is 7.73. The number of hydrogen-bond donors (Lipinski definition) is 1. The fraction of sp³-hybridized carbons (Fsp3) is 0.243. The minimum absolute atomic E-state index is 0.109. The minimum atomic E-state index is -0.109. The van der Waals surface area contributed by atoms with Gasteiger partial charge in [-0.1, -0.05) is 93.0 Å². The summed E-state index contributed by atoms with van der Waals surface area (Å²) < 4.78 is 6.34. The highest BCUT2D eigenvalue weighted by Gasteiger charge is 2.33. The van der Waals surface area contributed by atoms with Crippen molar-refractivity contribution in [3.8, 4) is 5.75 Å². The van der Waals surface area contributed by atoms with E-state index in [1.807, 2.05) is 79.0 Å². The van der Waals surface area contributed by atoms with Gasteiger partial charge < -0.3 is 10.1 Å². The zero-order valence-corrected chi connectivity index (χ0v) is 26.3. The van der Waals surface area contributed by atoms with E-state index < -0.39 is 0 Å². The highest BCUT2D eigenvalue weighted by Crippen LogP contribution is 2.45. The van der Waals surface area contributed by atoms with E-state index in [-0.39, 0.29) is 11.3 Å². The molecule has 4 nitrogen and oxygen atoms in total. The number of rotatable bonds is 7. The maximum atomic E-state index is 13.8. The van der Waals surface area contributed by atoms with Crippen LogP contribution in [0.4, 0.5) is 10.7 Å². The monoisotopic (exact) mass is 606 g/mol. The van der Waals surface area contributed by atoms with E-state index in [1.165, 1.54) is 4.88 Å². The fourth-order valence-corrected chi connectivity index (χ4v) is 7.14. The molecule has 1 atom stereocenters. The molecule has 0 unspecified atom stereocenters. The first-order chi connectivity index (χ1) is 20.8. The van der Waals surface area contributed by atoms with Crippen molar-refractivity contribution in [1.29, 1.82) is 0 Å². The lowest BCUT2D eigenvalue weighted by atomic mass is 9.72. The van der Waals surface area contributed by atoms with Crippen molar-refractivity contribution in [2.24, 2.45) is 16.3 Å². The van der Waals surface area contributed by atoms with Crippen LogP contribution in [0.5, 0.6) is 5.75 Å². The summed E-state index contributed by atoms with van der Waals surface area (Å²) in [5.41, 5.74) is 4.73. The van der Waals surface area contributed by atoms with Crippen LogP contribution in [0.1, 0.15) is 59.1 Å². The topological polar surface area (TPSA) is 50.7 Å². The number of nitrogens with zero attached hydrogens (tertiary/aromatic N) is 1. The normalized spacial score (nSPS) is 15.0. The lowest BCUT2D eigenvalue weighted by Gasteiger charge is -2.33. The molecule has 4 aromatic carbocycles. The van der Waals surface area contributed by atoms with Gasteiger partial charge in [-0.15, -0.1) is 11.3 Å². The van der Waals surface area contributed by atoms with Crippen molar-refractivity contribution >= 4 is 56.5 Å². The highest BCUT2D eigenvalue weighted by atomic mass is 35.5. The number of aliphatic imine (C=N–C) groups is 1. The number of amides is 1. The molecule has 0 saturated heterocycles. The number of nitrogens with one attached hydrogen (secondary N) is 1. The Morgan fingerprint density at radius 3 is 2.51 bits per heavy atom. The molecule has 6 rings (SSSR count). The van der Waals surface area contributed by atoms with Crippen LogP contribution in [0.25, 0.3) is 10.8 Å². The number of ether oxygens (including phenoxy) is 1. The lowest BCUT2D eigenvalue weighted by Crippen LogP contribution is -2.27. The molecule has 1 heterocycles. The van der Waals surface area contributed by atoms with Gasteiger partial charge in [-0.05, 0) is 82.8 Å². The Labute approximate surface area is 262 Å². The third-order valence-corrected chi connectivity index (χ3v) is 9.69. The third-order valence-electron chi connectivity index (χ3n) is 8.28. The summed E-state index contributed by atoms with van der Waals surface area (Å²) in [7, 11) is 0. The molecular weight excluding hydrogens is 572 g/mol. The summed E-state index contributed by atoms with van der Waals surface area (Å²) in [5, 5.41) is 6.70. The van der Waals surface area contributed by atoms with E-state index in [4.69, 9.17) is 21.3 Å². The van der Waals surface area contributed by atoms with Crippen LogP contribution in [0, 0.1) is 11.3 Å². The molecule has 0 radical (unpaired) electrons. The molecule has 6 heteroatoms. The molecule has 218 valence electrons. The second kappa shape index (κ2) is 12.4. The van der Waals surface area contributed by atoms with Crippen molar-refractivity contribution in [1.82, 2.24) is 0 Å². The van der Waals surface area contributed by atoms with Crippen LogP contribution in [0.2, 0.25) is 5.02 Å². The lowest BCUT2D eigenvalue weighted by molar-refractivity contribution is 0.102. The molecule has 5 aromatic rings. The molecule has 0 bridgehead atoms. The van der Waals surface area contributed by atoms with Gasteiger partial charge in [0.2, 0.25) is 0 Å². The Morgan fingerprint density at radius 1 is 1.00 bits per heavy atom. The van der Waals surface area contributed by atoms with Gasteiger partial charge in [-0.2, -0.15) is 0 Å². The predicted molar refractivity (Wildman–Crippen MR) is 181 cm³/mol. The number of thiophene rings is 1. The van der Waals surface area contributed by atoms with Gasteiger partial charge in [0.1, 0.15) is 17.4 Å².